The number of nitrogens with one attached hydrogen (secondary N) is 1. The SMILES string of the molecule is CCC(CC)(OC)C(Cc1cc(Cl)cc2c1OCC2)NC. The number of hydrogen-bond donors (Lipinski definition) is 1. The predicted molar refractivity (Wildman–Crippen MR) is 87.5 cm³/mol. The second-order valence-electron chi connectivity index (χ2n) is 5.67. The quantitative estimate of drug-likeness (QED) is 0.834. The van der Waals surface area contributed by atoms with Crippen molar-refractivity contribution in [3.05, 3.63) is 28.3 Å². The van der Waals surface area contributed by atoms with Crippen LogP contribution in [0.15, 0.2) is 12.1 Å². The maximum absolute atomic E-state index is 6.26. The lowest BCUT2D eigenvalue weighted by atomic mass is 9.84. The summed E-state index contributed by atoms with van der Waals surface area (Å²) in [7, 11) is 3.80. The molecule has 1 aliphatic heterocycles. The topological polar surface area (TPSA) is 30.5 Å². The van der Waals surface area contributed by atoms with Crippen molar-refractivity contribution in [2.24, 2.45) is 0 Å². The highest BCUT2D eigenvalue weighted by molar-refractivity contribution is 6.30. The number of benzene rings is 1. The van der Waals surface area contributed by atoms with Gasteiger partial charge in [-0.05, 0) is 49.6 Å². The van der Waals surface area contributed by atoms with Gasteiger partial charge in [0.05, 0.1) is 12.2 Å². The minimum atomic E-state index is -0.164. The molecule has 1 aromatic rings. The van der Waals surface area contributed by atoms with Gasteiger partial charge in [-0.25, -0.2) is 0 Å². The molecule has 0 aliphatic carbocycles. The van der Waals surface area contributed by atoms with Gasteiger partial charge in [-0.2, -0.15) is 0 Å². The van der Waals surface area contributed by atoms with Crippen LogP contribution in [0.3, 0.4) is 0 Å². The van der Waals surface area contributed by atoms with Crippen molar-refractivity contribution in [2.45, 2.75) is 51.2 Å². The standard InChI is InChI=1S/C17H26ClNO2/c1-5-17(6-2,20-4)15(19-3)11-13-10-14(18)9-12-7-8-21-16(12)13/h9-10,15,19H,5-8,11H2,1-4H3. The fourth-order valence-electron chi connectivity index (χ4n) is 3.44. The van der Waals surface area contributed by atoms with Crippen molar-refractivity contribution < 1.29 is 9.47 Å². The van der Waals surface area contributed by atoms with Crippen molar-refractivity contribution >= 4 is 11.6 Å². The van der Waals surface area contributed by atoms with Crippen LogP contribution in [0.25, 0.3) is 0 Å². The number of methoxy groups -OCH3 is 1. The number of likely N-dealkylation sites (N-methyl/N-ethyl adjacent to an activating group) is 1. The first kappa shape index (κ1) is 16.6. The summed E-state index contributed by atoms with van der Waals surface area (Å²) in [4.78, 5) is 0. The molecule has 0 saturated heterocycles. The fourth-order valence-corrected chi connectivity index (χ4v) is 3.71. The van der Waals surface area contributed by atoms with Gasteiger partial charge >= 0.3 is 0 Å². The van der Waals surface area contributed by atoms with E-state index in [0.29, 0.717) is 0 Å². The minimum Gasteiger partial charge on any atom is -0.493 e. The van der Waals surface area contributed by atoms with Crippen LogP contribution in [-0.2, 0) is 17.6 Å². The van der Waals surface area contributed by atoms with Crippen LogP contribution in [0.2, 0.25) is 5.02 Å². The van der Waals surface area contributed by atoms with Crippen LogP contribution < -0.4 is 10.1 Å². The third kappa shape index (κ3) is 3.20. The Kier molecular flexibility index (Phi) is 5.53. The summed E-state index contributed by atoms with van der Waals surface area (Å²) in [6, 6.07) is 4.27. The number of rotatable bonds is 7. The number of ether oxygens (including phenoxy) is 2. The van der Waals surface area contributed by atoms with E-state index < -0.39 is 0 Å². The summed E-state index contributed by atoms with van der Waals surface area (Å²) in [5.41, 5.74) is 2.24. The maximum atomic E-state index is 6.26. The van der Waals surface area contributed by atoms with E-state index in [1.165, 1.54) is 11.1 Å². The molecule has 1 atom stereocenters. The second kappa shape index (κ2) is 6.99. The smallest absolute Gasteiger partial charge is 0.125 e. The van der Waals surface area contributed by atoms with Crippen molar-refractivity contribution in [1.82, 2.24) is 5.32 Å². The Balaban J connectivity index is 2.31. The molecule has 0 fully saturated rings. The summed E-state index contributed by atoms with van der Waals surface area (Å²) in [6.07, 6.45) is 3.74. The van der Waals surface area contributed by atoms with Gasteiger partial charge in [-0.15, -0.1) is 0 Å². The zero-order chi connectivity index (χ0) is 15.5. The third-order valence-electron chi connectivity index (χ3n) is 4.84. The Hall–Kier alpha value is -0.770. The van der Waals surface area contributed by atoms with Crippen LogP contribution in [0, 0.1) is 0 Å². The van der Waals surface area contributed by atoms with E-state index in [9.17, 15) is 0 Å². The molecule has 2 rings (SSSR count). The van der Waals surface area contributed by atoms with Crippen molar-refractivity contribution in [3.8, 4) is 5.75 Å². The Labute approximate surface area is 133 Å². The maximum Gasteiger partial charge on any atom is 0.125 e. The van der Waals surface area contributed by atoms with Gasteiger partial charge in [0.25, 0.3) is 0 Å². The Morgan fingerprint density at radius 3 is 2.67 bits per heavy atom. The first-order chi connectivity index (χ1) is 10.1. The monoisotopic (exact) mass is 311 g/mol. The van der Waals surface area contributed by atoms with E-state index in [-0.39, 0.29) is 11.6 Å². The van der Waals surface area contributed by atoms with Crippen LogP contribution in [0.5, 0.6) is 5.75 Å². The van der Waals surface area contributed by atoms with E-state index in [0.717, 1.165) is 43.1 Å². The Bertz CT molecular complexity index is 478. The second-order valence-corrected chi connectivity index (χ2v) is 6.11. The summed E-state index contributed by atoms with van der Waals surface area (Å²) in [6.45, 7) is 5.11. The molecule has 4 heteroatoms. The molecule has 0 spiro atoms. The minimum absolute atomic E-state index is 0.164. The van der Waals surface area contributed by atoms with Gasteiger partial charge in [-0.1, -0.05) is 25.4 Å². The average molecular weight is 312 g/mol. The Morgan fingerprint density at radius 1 is 1.38 bits per heavy atom. The molecule has 0 amide bonds. The van der Waals surface area contributed by atoms with E-state index in [4.69, 9.17) is 21.1 Å². The van der Waals surface area contributed by atoms with Crippen molar-refractivity contribution in [3.63, 3.8) is 0 Å². The summed E-state index contributed by atoms with van der Waals surface area (Å²) < 4.78 is 11.7. The van der Waals surface area contributed by atoms with Crippen LogP contribution in [-0.4, -0.2) is 32.4 Å². The average Bonchev–Trinajstić information content (AvgIpc) is 2.96. The lowest BCUT2D eigenvalue weighted by molar-refractivity contribution is -0.0455. The van der Waals surface area contributed by atoms with Crippen molar-refractivity contribution in [1.29, 1.82) is 0 Å². The number of fused-ring (bicyclic) bond motifs is 1. The van der Waals surface area contributed by atoms with E-state index in [2.05, 4.69) is 19.2 Å². The zero-order valence-electron chi connectivity index (χ0n) is 13.5. The molecular formula is C17H26ClNO2. The highest BCUT2D eigenvalue weighted by Gasteiger charge is 2.35. The van der Waals surface area contributed by atoms with E-state index >= 15 is 0 Å². The molecule has 0 bridgehead atoms. The Morgan fingerprint density at radius 2 is 2.10 bits per heavy atom. The van der Waals surface area contributed by atoms with Gasteiger partial charge in [0.1, 0.15) is 5.75 Å². The molecule has 0 saturated carbocycles. The van der Waals surface area contributed by atoms with Crippen LogP contribution >= 0.6 is 11.6 Å². The molecule has 1 heterocycles. The number of hydrogen-bond acceptors (Lipinski definition) is 3. The molecule has 0 aromatic heterocycles. The summed E-state index contributed by atoms with van der Waals surface area (Å²) in [5, 5.41) is 4.22. The molecule has 1 aromatic carbocycles. The molecular weight excluding hydrogens is 286 g/mol. The largest absolute Gasteiger partial charge is 0.493 e. The predicted octanol–water partition coefficient (Wildman–Crippen LogP) is 3.61. The molecule has 3 nitrogen and oxygen atoms in total. The summed E-state index contributed by atoms with van der Waals surface area (Å²) >= 11 is 6.26. The van der Waals surface area contributed by atoms with E-state index in [1.807, 2.05) is 19.2 Å². The van der Waals surface area contributed by atoms with Gasteiger partial charge in [0.2, 0.25) is 0 Å². The number of halogens is 1. The molecule has 1 aliphatic rings. The first-order valence-electron chi connectivity index (χ1n) is 7.76. The molecule has 1 unspecified atom stereocenters. The lowest BCUT2D eigenvalue weighted by Crippen LogP contribution is -2.51. The third-order valence-corrected chi connectivity index (χ3v) is 5.05. The van der Waals surface area contributed by atoms with Gasteiger partial charge < -0.3 is 14.8 Å². The normalized spacial score (nSPS) is 15.7. The van der Waals surface area contributed by atoms with E-state index in [1.54, 1.807) is 7.11 Å². The lowest BCUT2D eigenvalue weighted by Gasteiger charge is -2.38. The molecule has 118 valence electrons. The zero-order valence-corrected chi connectivity index (χ0v) is 14.2. The summed E-state index contributed by atoms with van der Waals surface area (Å²) in [5.74, 6) is 1.02. The van der Waals surface area contributed by atoms with Crippen molar-refractivity contribution in [2.75, 3.05) is 20.8 Å². The first-order valence-corrected chi connectivity index (χ1v) is 8.14. The molecule has 0 radical (unpaired) electrons. The highest BCUT2D eigenvalue weighted by Crippen LogP contribution is 2.35. The van der Waals surface area contributed by atoms with Gasteiger partial charge in [0, 0.05) is 24.6 Å². The van der Waals surface area contributed by atoms with Gasteiger partial charge in [0.15, 0.2) is 0 Å². The highest BCUT2D eigenvalue weighted by atomic mass is 35.5. The molecule has 21 heavy (non-hydrogen) atoms. The molecule has 1 N–H and O–H groups in total. The van der Waals surface area contributed by atoms with Crippen LogP contribution in [0.4, 0.5) is 0 Å². The van der Waals surface area contributed by atoms with Gasteiger partial charge in [-0.3, -0.25) is 0 Å². The fraction of sp³-hybridized carbons (Fsp3) is 0.647. The van der Waals surface area contributed by atoms with Crippen LogP contribution in [0.1, 0.15) is 37.8 Å².